The van der Waals surface area contributed by atoms with Crippen molar-refractivity contribution in [2.24, 2.45) is 0 Å². The highest BCUT2D eigenvalue weighted by molar-refractivity contribution is 5.92. The van der Waals surface area contributed by atoms with E-state index in [1.54, 1.807) is 6.07 Å². The zero-order valence-electron chi connectivity index (χ0n) is 14.4. The van der Waals surface area contributed by atoms with Crippen LogP contribution in [0.1, 0.15) is 34.7 Å². The second kappa shape index (κ2) is 6.79. The summed E-state index contributed by atoms with van der Waals surface area (Å²) in [6, 6.07) is 5.96. The lowest BCUT2D eigenvalue weighted by Gasteiger charge is -2.28. The van der Waals surface area contributed by atoms with Crippen molar-refractivity contribution in [3.05, 3.63) is 35.3 Å². The normalized spacial score (nSPS) is 18.0. The topological polar surface area (TPSA) is 88.0 Å². The third-order valence-electron chi connectivity index (χ3n) is 4.80. The third-order valence-corrected chi connectivity index (χ3v) is 4.80. The van der Waals surface area contributed by atoms with E-state index in [4.69, 9.17) is 0 Å². The van der Waals surface area contributed by atoms with Gasteiger partial charge in [-0.1, -0.05) is 0 Å². The number of nitrogens with one attached hydrogen (secondary N) is 2. The number of fused-ring (bicyclic) bond motifs is 1. The number of hydrogen-bond acceptors (Lipinski definition) is 6. The zero-order valence-corrected chi connectivity index (χ0v) is 14.4. The van der Waals surface area contributed by atoms with E-state index in [1.165, 1.54) is 5.69 Å². The first-order valence-corrected chi connectivity index (χ1v) is 8.82. The minimum absolute atomic E-state index is 0.140. The number of anilines is 1. The molecule has 0 unspecified atom stereocenters. The number of amides is 1. The monoisotopic (exact) mass is 341 g/mol. The van der Waals surface area contributed by atoms with Crippen molar-refractivity contribution >= 4 is 11.7 Å². The smallest absolute Gasteiger partial charge is 0.272 e. The van der Waals surface area contributed by atoms with Gasteiger partial charge in [0.1, 0.15) is 0 Å². The molecule has 0 radical (unpaired) electrons. The molecule has 0 aromatic carbocycles. The SMILES string of the molecule is Cc1cc2n(n1)CCN(c1ccc(C(=O)NC3CCNCC3)nn1)C2. The molecule has 0 spiro atoms. The Bertz CT molecular complexity index is 749. The number of rotatable bonds is 3. The second-order valence-electron chi connectivity index (χ2n) is 6.70. The van der Waals surface area contributed by atoms with Crippen molar-refractivity contribution < 1.29 is 4.79 Å². The third kappa shape index (κ3) is 3.48. The van der Waals surface area contributed by atoms with E-state index in [9.17, 15) is 4.79 Å². The average Bonchev–Trinajstić information content (AvgIpc) is 3.02. The minimum atomic E-state index is -0.140. The largest absolute Gasteiger partial charge is 0.348 e. The Morgan fingerprint density at radius 3 is 2.84 bits per heavy atom. The summed E-state index contributed by atoms with van der Waals surface area (Å²) < 4.78 is 2.04. The molecular weight excluding hydrogens is 318 g/mol. The number of aryl methyl sites for hydroxylation is 1. The van der Waals surface area contributed by atoms with Crippen molar-refractivity contribution in [3.63, 3.8) is 0 Å². The molecule has 25 heavy (non-hydrogen) atoms. The molecule has 8 heteroatoms. The molecule has 1 amide bonds. The van der Waals surface area contributed by atoms with Crippen LogP contribution in [0.3, 0.4) is 0 Å². The summed E-state index contributed by atoms with van der Waals surface area (Å²) in [7, 11) is 0. The molecule has 2 aromatic rings. The molecule has 1 fully saturated rings. The van der Waals surface area contributed by atoms with Gasteiger partial charge >= 0.3 is 0 Å². The van der Waals surface area contributed by atoms with Crippen LogP contribution in [0.15, 0.2) is 18.2 Å². The van der Waals surface area contributed by atoms with E-state index in [1.807, 2.05) is 17.7 Å². The van der Waals surface area contributed by atoms with Crippen molar-refractivity contribution in [1.82, 2.24) is 30.6 Å². The first-order valence-electron chi connectivity index (χ1n) is 8.82. The Hall–Kier alpha value is -2.48. The van der Waals surface area contributed by atoms with Gasteiger partial charge in [-0.25, -0.2) is 0 Å². The van der Waals surface area contributed by atoms with Gasteiger partial charge in [0.2, 0.25) is 0 Å². The lowest BCUT2D eigenvalue weighted by atomic mass is 10.1. The summed E-state index contributed by atoms with van der Waals surface area (Å²) in [5.74, 6) is 0.654. The Kier molecular flexibility index (Phi) is 4.35. The lowest BCUT2D eigenvalue weighted by molar-refractivity contribution is 0.0923. The summed E-state index contributed by atoms with van der Waals surface area (Å²) in [6.07, 6.45) is 1.91. The van der Waals surface area contributed by atoms with Crippen molar-refractivity contribution in [3.8, 4) is 0 Å². The maximum absolute atomic E-state index is 12.3. The summed E-state index contributed by atoms with van der Waals surface area (Å²) in [5.41, 5.74) is 2.59. The number of piperidine rings is 1. The number of nitrogens with zero attached hydrogens (tertiary/aromatic N) is 5. The van der Waals surface area contributed by atoms with Crippen LogP contribution in [0.4, 0.5) is 5.82 Å². The number of hydrogen-bond donors (Lipinski definition) is 2. The van der Waals surface area contributed by atoms with Crippen LogP contribution in [0, 0.1) is 6.92 Å². The first-order chi connectivity index (χ1) is 12.2. The van der Waals surface area contributed by atoms with Crippen LogP contribution in [0.5, 0.6) is 0 Å². The van der Waals surface area contributed by atoms with Gasteiger partial charge in [-0.05, 0) is 51.1 Å². The van der Waals surface area contributed by atoms with Gasteiger partial charge in [0.25, 0.3) is 5.91 Å². The van der Waals surface area contributed by atoms with E-state index < -0.39 is 0 Å². The Morgan fingerprint density at radius 2 is 2.08 bits per heavy atom. The Morgan fingerprint density at radius 1 is 1.24 bits per heavy atom. The fraction of sp³-hybridized carbons (Fsp3) is 0.529. The summed E-state index contributed by atoms with van der Waals surface area (Å²) in [5, 5.41) is 19.2. The molecule has 2 aliphatic heterocycles. The van der Waals surface area contributed by atoms with Crippen LogP contribution in [-0.2, 0) is 13.1 Å². The first kappa shape index (κ1) is 16.0. The summed E-state index contributed by atoms with van der Waals surface area (Å²) in [4.78, 5) is 14.5. The fourth-order valence-corrected chi connectivity index (χ4v) is 3.45. The molecule has 132 valence electrons. The van der Waals surface area contributed by atoms with Crippen molar-refractivity contribution in [2.75, 3.05) is 24.5 Å². The van der Waals surface area contributed by atoms with E-state index in [-0.39, 0.29) is 11.9 Å². The molecule has 2 aromatic heterocycles. The molecule has 0 aliphatic carbocycles. The molecule has 0 bridgehead atoms. The van der Waals surface area contributed by atoms with Gasteiger partial charge in [-0.2, -0.15) is 5.10 Å². The minimum Gasteiger partial charge on any atom is -0.348 e. The summed E-state index contributed by atoms with van der Waals surface area (Å²) >= 11 is 0. The molecule has 4 heterocycles. The van der Waals surface area contributed by atoms with Crippen LogP contribution in [0.25, 0.3) is 0 Å². The van der Waals surface area contributed by atoms with Gasteiger partial charge in [-0.3, -0.25) is 9.48 Å². The maximum Gasteiger partial charge on any atom is 0.272 e. The highest BCUT2D eigenvalue weighted by Crippen LogP contribution is 2.19. The van der Waals surface area contributed by atoms with Crippen molar-refractivity contribution in [1.29, 1.82) is 0 Å². The van der Waals surface area contributed by atoms with E-state index >= 15 is 0 Å². The standard InChI is InChI=1S/C17H23N7O/c1-12-10-14-11-23(8-9-24(14)22-12)16-3-2-15(20-21-16)17(25)19-13-4-6-18-7-5-13/h2-3,10,13,18H,4-9,11H2,1H3,(H,19,25). The Balaban J connectivity index is 1.41. The molecule has 2 aliphatic rings. The lowest BCUT2D eigenvalue weighted by Crippen LogP contribution is -2.43. The van der Waals surface area contributed by atoms with E-state index in [0.29, 0.717) is 5.69 Å². The Labute approximate surface area is 146 Å². The molecule has 8 nitrogen and oxygen atoms in total. The van der Waals surface area contributed by atoms with Crippen LogP contribution in [0.2, 0.25) is 0 Å². The van der Waals surface area contributed by atoms with Gasteiger partial charge < -0.3 is 15.5 Å². The number of aromatic nitrogens is 4. The number of carbonyl (C=O) groups is 1. The van der Waals surface area contributed by atoms with Gasteiger partial charge in [0, 0.05) is 12.6 Å². The summed E-state index contributed by atoms with van der Waals surface area (Å²) in [6.45, 7) is 6.33. The quantitative estimate of drug-likeness (QED) is 0.844. The highest BCUT2D eigenvalue weighted by atomic mass is 16.2. The predicted octanol–water partition coefficient (Wildman–Crippen LogP) is 0.484. The molecule has 4 rings (SSSR count). The zero-order chi connectivity index (χ0) is 17.2. The maximum atomic E-state index is 12.3. The highest BCUT2D eigenvalue weighted by Gasteiger charge is 2.21. The average molecular weight is 341 g/mol. The second-order valence-corrected chi connectivity index (χ2v) is 6.70. The van der Waals surface area contributed by atoms with E-state index in [0.717, 1.165) is 57.1 Å². The molecule has 1 saturated heterocycles. The molecule has 2 N–H and O–H groups in total. The molecule has 0 atom stereocenters. The number of carbonyl (C=O) groups excluding carboxylic acids is 1. The van der Waals surface area contributed by atoms with Gasteiger partial charge in [0.15, 0.2) is 11.5 Å². The van der Waals surface area contributed by atoms with Gasteiger partial charge in [-0.15, -0.1) is 10.2 Å². The fourth-order valence-electron chi connectivity index (χ4n) is 3.45. The van der Waals surface area contributed by atoms with Crippen molar-refractivity contribution in [2.45, 2.75) is 38.9 Å². The molecular formula is C17H23N7O. The predicted molar refractivity (Wildman–Crippen MR) is 93.4 cm³/mol. The van der Waals surface area contributed by atoms with Gasteiger partial charge in [0.05, 0.1) is 24.5 Å². The van der Waals surface area contributed by atoms with Crippen LogP contribution in [-0.4, -0.2) is 51.6 Å². The molecule has 0 saturated carbocycles. The van der Waals surface area contributed by atoms with E-state index in [2.05, 4.69) is 36.9 Å². The van der Waals surface area contributed by atoms with Crippen LogP contribution < -0.4 is 15.5 Å². The van der Waals surface area contributed by atoms with Crippen LogP contribution >= 0.6 is 0 Å².